The molecule has 1 aliphatic carbocycles. The van der Waals surface area contributed by atoms with Crippen molar-refractivity contribution < 1.29 is 0 Å². The molecule has 0 saturated heterocycles. The first kappa shape index (κ1) is 12.0. The molecule has 1 atom stereocenters. The lowest BCUT2D eigenvalue weighted by atomic mass is 9.98. The van der Waals surface area contributed by atoms with E-state index in [0.29, 0.717) is 0 Å². The highest BCUT2D eigenvalue weighted by molar-refractivity contribution is 6.20. The Bertz CT molecular complexity index is 288. The molecule has 0 radical (unpaired) electrons. The summed E-state index contributed by atoms with van der Waals surface area (Å²) < 4.78 is 0. The maximum atomic E-state index is 6.39. The molecule has 1 saturated carbocycles. The van der Waals surface area contributed by atoms with Crippen LogP contribution in [0.2, 0.25) is 0 Å². The van der Waals surface area contributed by atoms with Gasteiger partial charge in [-0.25, -0.2) is 0 Å². The standard InChI is InChI=1S/C15H21Cl/c16-15(14-10-2-1-3-11-14)12-6-9-13-7-4-5-8-13/h1-3,10-11,13,15H,4-9,12H2. The number of hydrogen-bond acceptors (Lipinski definition) is 0. The van der Waals surface area contributed by atoms with E-state index in [0.717, 1.165) is 12.3 Å². The number of rotatable bonds is 5. The monoisotopic (exact) mass is 236 g/mol. The molecule has 1 heteroatoms. The van der Waals surface area contributed by atoms with E-state index >= 15 is 0 Å². The van der Waals surface area contributed by atoms with E-state index in [1.54, 1.807) is 0 Å². The van der Waals surface area contributed by atoms with E-state index in [1.165, 1.54) is 44.1 Å². The number of hydrogen-bond donors (Lipinski definition) is 0. The quantitative estimate of drug-likeness (QED) is 0.607. The summed E-state index contributed by atoms with van der Waals surface area (Å²) in [6.45, 7) is 0. The van der Waals surface area contributed by atoms with E-state index in [9.17, 15) is 0 Å². The summed E-state index contributed by atoms with van der Waals surface area (Å²) in [4.78, 5) is 0. The van der Waals surface area contributed by atoms with E-state index in [4.69, 9.17) is 11.6 Å². The van der Waals surface area contributed by atoms with Gasteiger partial charge in [-0.1, -0.05) is 68.9 Å². The molecule has 1 aliphatic rings. The fraction of sp³-hybridized carbons (Fsp3) is 0.600. The third-order valence-electron chi connectivity index (χ3n) is 3.71. The van der Waals surface area contributed by atoms with Crippen molar-refractivity contribution in [2.45, 2.75) is 50.3 Å². The molecule has 88 valence electrons. The second-order valence-corrected chi connectivity index (χ2v) is 5.49. The van der Waals surface area contributed by atoms with Crippen molar-refractivity contribution in [3.63, 3.8) is 0 Å². The molecular weight excluding hydrogens is 216 g/mol. The van der Waals surface area contributed by atoms with Gasteiger partial charge in [0.05, 0.1) is 5.38 Å². The van der Waals surface area contributed by atoms with Gasteiger partial charge in [0.15, 0.2) is 0 Å². The van der Waals surface area contributed by atoms with E-state index in [1.807, 2.05) is 6.07 Å². The first-order valence-corrected chi connectivity index (χ1v) is 6.99. The van der Waals surface area contributed by atoms with Crippen LogP contribution in [-0.4, -0.2) is 0 Å². The molecule has 0 aliphatic heterocycles. The molecule has 0 bridgehead atoms. The minimum Gasteiger partial charge on any atom is -0.118 e. The maximum absolute atomic E-state index is 6.39. The van der Waals surface area contributed by atoms with E-state index in [2.05, 4.69) is 24.3 Å². The predicted molar refractivity (Wildman–Crippen MR) is 70.8 cm³/mol. The van der Waals surface area contributed by atoms with Crippen LogP contribution < -0.4 is 0 Å². The third-order valence-corrected chi connectivity index (χ3v) is 4.18. The van der Waals surface area contributed by atoms with Crippen molar-refractivity contribution in [3.05, 3.63) is 35.9 Å². The Kier molecular flexibility index (Phi) is 4.71. The van der Waals surface area contributed by atoms with Gasteiger partial charge in [0.2, 0.25) is 0 Å². The predicted octanol–water partition coefficient (Wildman–Crippen LogP) is 5.33. The van der Waals surface area contributed by atoms with E-state index < -0.39 is 0 Å². The van der Waals surface area contributed by atoms with Crippen molar-refractivity contribution in [1.82, 2.24) is 0 Å². The minimum absolute atomic E-state index is 0.211. The molecular formula is C15H21Cl. The van der Waals surface area contributed by atoms with Crippen molar-refractivity contribution in [2.75, 3.05) is 0 Å². The zero-order chi connectivity index (χ0) is 11.2. The van der Waals surface area contributed by atoms with Crippen LogP contribution in [0.25, 0.3) is 0 Å². The SMILES string of the molecule is ClC(CCCC1CCCC1)c1ccccc1. The van der Waals surface area contributed by atoms with Crippen LogP contribution in [-0.2, 0) is 0 Å². The summed E-state index contributed by atoms with van der Waals surface area (Å²) in [7, 11) is 0. The average molecular weight is 237 g/mol. The molecule has 1 aromatic carbocycles. The topological polar surface area (TPSA) is 0 Å². The molecule has 0 aromatic heterocycles. The molecule has 0 heterocycles. The Morgan fingerprint density at radius 2 is 1.81 bits per heavy atom. The lowest BCUT2D eigenvalue weighted by molar-refractivity contribution is 0.471. The summed E-state index contributed by atoms with van der Waals surface area (Å²) in [5, 5.41) is 0.211. The minimum atomic E-state index is 0.211. The highest BCUT2D eigenvalue weighted by atomic mass is 35.5. The van der Waals surface area contributed by atoms with Crippen LogP contribution in [0, 0.1) is 5.92 Å². The van der Waals surface area contributed by atoms with Crippen LogP contribution in [0.1, 0.15) is 55.9 Å². The van der Waals surface area contributed by atoms with Gasteiger partial charge < -0.3 is 0 Å². The Hall–Kier alpha value is -0.490. The molecule has 16 heavy (non-hydrogen) atoms. The highest BCUT2D eigenvalue weighted by Gasteiger charge is 2.15. The van der Waals surface area contributed by atoms with Crippen molar-refractivity contribution in [2.24, 2.45) is 5.92 Å². The van der Waals surface area contributed by atoms with Crippen LogP contribution in [0.4, 0.5) is 0 Å². The highest BCUT2D eigenvalue weighted by Crippen LogP contribution is 2.32. The van der Waals surface area contributed by atoms with Gasteiger partial charge in [-0.05, 0) is 17.9 Å². The molecule has 0 nitrogen and oxygen atoms in total. The number of halogens is 1. The van der Waals surface area contributed by atoms with Crippen molar-refractivity contribution >= 4 is 11.6 Å². The first-order valence-electron chi connectivity index (χ1n) is 6.55. The summed E-state index contributed by atoms with van der Waals surface area (Å²) in [5.41, 5.74) is 1.27. The van der Waals surface area contributed by atoms with Crippen LogP contribution in [0.5, 0.6) is 0 Å². The normalized spacial score (nSPS) is 18.8. The summed E-state index contributed by atoms with van der Waals surface area (Å²) >= 11 is 6.39. The molecule has 1 aromatic rings. The van der Waals surface area contributed by atoms with Gasteiger partial charge in [-0.3, -0.25) is 0 Å². The summed E-state index contributed by atoms with van der Waals surface area (Å²) in [6.07, 6.45) is 9.61. The Labute approximate surface area is 104 Å². The van der Waals surface area contributed by atoms with E-state index in [-0.39, 0.29) is 5.38 Å². The Morgan fingerprint density at radius 3 is 2.50 bits per heavy atom. The van der Waals surface area contributed by atoms with Gasteiger partial charge in [-0.15, -0.1) is 11.6 Å². The largest absolute Gasteiger partial charge is 0.118 e. The molecule has 2 rings (SSSR count). The zero-order valence-electron chi connectivity index (χ0n) is 9.87. The molecule has 0 spiro atoms. The van der Waals surface area contributed by atoms with Gasteiger partial charge >= 0.3 is 0 Å². The second kappa shape index (κ2) is 6.30. The van der Waals surface area contributed by atoms with Gasteiger partial charge in [0.1, 0.15) is 0 Å². The molecule has 1 fully saturated rings. The maximum Gasteiger partial charge on any atom is 0.0585 e. The lowest BCUT2D eigenvalue weighted by Crippen LogP contribution is -1.95. The van der Waals surface area contributed by atoms with Crippen LogP contribution in [0.15, 0.2) is 30.3 Å². The fourth-order valence-electron chi connectivity index (χ4n) is 2.71. The molecule has 1 unspecified atom stereocenters. The number of alkyl halides is 1. The Balaban J connectivity index is 1.69. The summed E-state index contributed by atoms with van der Waals surface area (Å²) in [6, 6.07) is 10.5. The van der Waals surface area contributed by atoms with Gasteiger partial charge in [0, 0.05) is 0 Å². The average Bonchev–Trinajstić information content (AvgIpc) is 2.83. The molecule has 0 amide bonds. The van der Waals surface area contributed by atoms with Crippen molar-refractivity contribution in [1.29, 1.82) is 0 Å². The number of benzene rings is 1. The molecule has 0 N–H and O–H groups in total. The van der Waals surface area contributed by atoms with Crippen molar-refractivity contribution in [3.8, 4) is 0 Å². The zero-order valence-corrected chi connectivity index (χ0v) is 10.6. The first-order chi connectivity index (χ1) is 7.86. The third kappa shape index (κ3) is 3.52. The fourth-order valence-corrected chi connectivity index (χ4v) is 3.01. The van der Waals surface area contributed by atoms with Gasteiger partial charge in [0.25, 0.3) is 0 Å². The smallest absolute Gasteiger partial charge is 0.0585 e. The Morgan fingerprint density at radius 1 is 1.12 bits per heavy atom. The lowest BCUT2D eigenvalue weighted by Gasteiger charge is -2.12. The summed E-state index contributed by atoms with van der Waals surface area (Å²) in [5.74, 6) is 1.000. The van der Waals surface area contributed by atoms with Crippen LogP contribution in [0.3, 0.4) is 0 Å². The van der Waals surface area contributed by atoms with Crippen LogP contribution >= 0.6 is 11.6 Å². The second-order valence-electron chi connectivity index (χ2n) is 4.96. The van der Waals surface area contributed by atoms with Gasteiger partial charge in [-0.2, -0.15) is 0 Å².